The summed E-state index contributed by atoms with van der Waals surface area (Å²) in [5.74, 6) is -1.17. The second-order valence-electron chi connectivity index (χ2n) is 5.53. The average Bonchev–Trinajstić information content (AvgIpc) is 3.10. The van der Waals surface area contributed by atoms with Gasteiger partial charge in [-0.1, -0.05) is 53.2 Å². The number of hydrogen-bond donors (Lipinski definition) is 0. The van der Waals surface area contributed by atoms with Crippen LogP contribution in [0.1, 0.15) is 24.1 Å². The Balaban J connectivity index is 0.00000243. The summed E-state index contributed by atoms with van der Waals surface area (Å²) in [5, 5.41) is 13.5. The SMILES string of the molecule is CC(C(=O)[O-])c1csc(-c2cc(Br)ccc2OCc2ccccc2)n1.[Na+]. The maximum atomic E-state index is 11.0. The van der Waals surface area contributed by atoms with E-state index in [0.717, 1.165) is 15.6 Å². The number of carboxylic acids is 1. The van der Waals surface area contributed by atoms with Crippen LogP contribution in [-0.2, 0) is 11.4 Å². The van der Waals surface area contributed by atoms with Gasteiger partial charge < -0.3 is 14.6 Å². The van der Waals surface area contributed by atoms with Crippen LogP contribution < -0.4 is 39.4 Å². The van der Waals surface area contributed by atoms with E-state index < -0.39 is 11.9 Å². The maximum absolute atomic E-state index is 11.0. The molecule has 1 aromatic heterocycles. The number of aromatic nitrogens is 1. The molecule has 0 bridgehead atoms. The second-order valence-corrected chi connectivity index (χ2v) is 7.31. The van der Waals surface area contributed by atoms with Gasteiger partial charge in [0.1, 0.15) is 17.4 Å². The van der Waals surface area contributed by atoms with E-state index in [-0.39, 0.29) is 29.6 Å². The van der Waals surface area contributed by atoms with Crippen LogP contribution in [0.25, 0.3) is 10.6 Å². The summed E-state index contributed by atoms with van der Waals surface area (Å²) < 4.78 is 6.87. The van der Waals surface area contributed by atoms with Gasteiger partial charge in [0.15, 0.2) is 0 Å². The van der Waals surface area contributed by atoms with Crippen molar-refractivity contribution in [3.05, 3.63) is 69.6 Å². The summed E-state index contributed by atoms with van der Waals surface area (Å²) >= 11 is 4.86. The number of carbonyl (C=O) groups is 1. The van der Waals surface area contributed by atoms with E-state index in [9.17, 15) is 9.90 Å². The van der Waals surface area contributed by atoms with Crippen LogP contribution in [0, 0.1) is 0 Å². The van der Waals surface area contributed by atoms with Crippen LogP contribution in [0.5, 0.6) is 5.75 Å². The maximum Gasteiger partial charge on any atom is 1.00 e. The molecule has 2 aromatic carbocycles. The molecule has 0 N–H and O–H groups in total. The number of thiazole rings is 1. The first kappa shape index (κ1) is 21.1. The van der Waals surface area contributed by atoms with Crippen LogP contribution in [0.2, 0.25) is 0 Å². The Hall–Kier alpha value is -1.18. The summed E-state index contributed by atoms with van der Waals surface area (Å²) in [4.78, 5) is 15.5. The molecule has 0 aliphatic heterocycles. The third kappa shape index (κ3) is 5.18. The van der Waals surface area contributed by atoms with Crippen molar-refractivity contribution < 1.29 is 44.2 Å². The molecule has 0 amide bonds. The zero-order valence-corrected chi connectivity index (χ0v) is 18.8. The number of aliphatic carboxylic acids is 1. The second kappa shape index (κ2) is 9.67. The van der Waals surface area contributed by atoms with Crippen molar-refractivity contribution in [1.82, 2.24) is 4.98 Å². The van der Waals surface area contributed by atoms with E-state index in [1.165, 1.54) is 11.3 Å². The average molecular weight is 440 g/mol. The summed E-state index contributed by atoms with van der Waals surface area (Å²) in [7, 11) is 0. The molecule has 0 aliphatic carbocycles. The van der Waals surface area contributed by atoms with Gasteiger partial charge in [0.2, 0.25) is 0 Å². The van der Waals surface area contributed by atoms with Gasteiger partial charge in [0, 0.05) is 15.8 Å². The predicted molar refractivity (Wildman–Crippen MR) is 99.4 cm³/mol. The van der Waals surface area contributed by atoms with Gasteiger partial charge in [0.25, 0.3) is 0 Å². The van der Waals surface area contributed by atoms with Crippen LogP contribution in [-0.4, -0.2) is 11.0 Å². The van der Waals surface area contributed by atoms with Crippen molar-refractivity contribution in [2.45, 2.75) is 19.4 Å². The van der Waals surface area contributed by atoms with E-state index in [2.05, 4.69) is 20.9 Å². The molecular formula is C19H15BrNNaO3S. The zero-order chi connectivity index (χ0) is 17.8. The molecule has 7 heteroatoms. The minimum absolute atomic E-state index is 0. The van der Waals surface area contributed by atoms with E-state index in [1.54, 1.807) is 12.3 Å². The molecule has 0 saturated heterocycles. The molecule has 1 atom stereocenters. The van der Waals surface area contributed by atoms with Gasteiger partial charge in [-0.3, -0.25) is 0 Å². The number of halogens is 1. The van der Waals surface area contributed by atoms with Crippen LogP contribution in [0.3, 0.4) is 0 Å². The van der Waals surface area contributed by atoms with E-state index in [1.807, 2.05) is 48.5 Å². The Morgan fingerprint density at radius 3 is 2.69 bits per heavy atom. The molecule has 1 heterocycles. The number of carboxylic acid groups (broad SMARTS) is 1. The normalized spacial score (nSPS) is 11.5. The number of rotatable bonds is 6. The third-order valence-corrected chi connectivity index (χ3v) is 5.12. The molecular weight excluding hydrogens is 425 g/mol. The van der Waals surface area contributed by atoms with E-state index >= 15 is 0 Å². The first-order valence-corrected chi connectivity index (χ1v) is 9.35. The first-order chi connectivity index (χ1) is 12.0. The summed E-state index contributed by atoms with van der Waals surface area (Å²) in [6.07, 6.45) is 0. The largest absolute Gasteiger partial charge is 1.00 e. The molecule has 128 valence electrons. The van der Waals surface area contributed by atoms with Crippen molar-refractivity contribution in [2.24, 2.45) is 0 Å². The monoisotopic (exact) mass is 439 g/mol. The molecule has 4 nitrogen and oxygen atoms in total. The number of ether oxygens (including phenoxy) is 1. The van der Waals surface area contributed by atoms with Crippen LogP contribution >= 0.6 is 27.3 Å². The molecule has 1 unspecified atom stereocenters. The molecule has 3 aromatic rings. The molecule has 3 rings (SSSR count). The number of hydrogen-bond acceptors (Lipinski definition) is 5. The van der Waals surface area contributed by atoms with Gasteiger partial charge in [-0.2, -0.15) is 0 Å². The minimum atomic E-state index is -1.13. The Labute approximate surface area is 186 Å². The Kier molecular flexibility index (Phi) is 7.85. The van der Waals surface area contributed by atoms with E-state index in [4.69, 9.17) is 4.74 Å². The topological polar surface area (TPSA) is 62.2 Å². The fourth-order valence-electron chi connectivity index (χ4n) is 2.26. The van der Waals surface area contributed by atoms with Crippen molar-refractivity contribution in [3.63, 3.8) is 0 Å². The summed E-state index contributed by atoms with van der Waals surface area (Å²) in [6, 6.07) is 15.6. The van der Waals surface area contributed by atoms with Crippen molar-refractivity contribution >= 4 is 33.2 Å². The van der Waals surface area contributed by atoms with Crippen LogP contribution in [0.4, 0.5) is 0 Å². The first-order valence-electron chi connectivity index (χ1n) is 7.67. The Morgan fingerprint density at radius 2 is 2.00 bits per heavy atom. The fourth-order valence-corrected chi connectivity index (χ4v) is 3.55. The fraction of sp³-hybridized carbons (Fsp3) is 0.158. The van der Waals surface area contributed by atoms with Gasteiger partial charge in [-0.05, 0) is 23.8 Å². The molecule has 26 heavy (non-hydrogen) atoms. The van der Waals surface area contributed by atoms with Crippen molar-refractivity contribution in [1.29, 1.82) is 0 Å². The third-order valence-electron chi connectivity index (χ3n) is 3.73. The van der Waals surface area contributed by atoms with Crippen molar-refractivity contribution in [2.75, 3.05) is 0 Å². The van der Waals surface area contributed by atoms with Gasteiger partial charge in [0.05, 0.1) is 17.2 Å². The molecule has 0 fully saturated rings. The van der Waals surface area contributed by atoms with E-state index in [0.29, 0.717) is 23.1 Å². The van der Waals surface area contributed by atoms with Crippen LogP contribution in [0.15, 0.2) is 58.4 Å². The summed E-state index contributed by atoms with van der Waals surface area (Å²) in [6.45, 7) is 2.02. The Bertz CT molecular complexity index is 886. The number of benzene rings is 2. The number of nitrogens with zero attached hydrogens (tertiary/aromatic N) is 1. The summed E-state index contributed by atoms with van der Waals surface area (Å²) in [5.41, 5.74) is 2.39. The van der Waals surface area contributed by atoms with Crippen molar-refractivity contribution in [3.8, 4) is 16.3 Å². The van der Waals surface area contributed by atoms with Gasteiger partial charge >= 0.3 is 29.6 Å². The Morgan fingerprint density at radius 1 is 1.27 bits per heavy atom. The minimum Gasteiger partial charge on any atom is -0.549 e. The standard InChI is InChI=1S/C19H16BrNO3S.Na/c1-12(19(22)23)16-11-25-18(21-16)15-9-14(20)7-8-17(15)24-10-13-5-3-2-4-6-13;/h2-9,11-12H,10H2,1H3,(H,22,23);/q;+1/p-1. The smallest absolute Gasteiger partial charge is 0.549 e. The zero-order valence-electron chi connectivity index (χ0n) is 14.4. The molecule has 0 aliphatic rings. The quantitative estimate of drug-likeness (QED) is 0.537. The number of carbonyl (C=O) groups excluding carboxylic acids is 1. The predicted octanol–water partition coefficient (Wildman–Crippen LogP) is 1.01. The van der Waals surface area contributed by atoms with Gasteiger partial charge in [-0.25, -0.2) is 4.98 Å². The van der Waals surface area contributed by atoms with Gasteiger partial charge in [-0.15, -0.1) is 11.3 Å². The molecule has 0 saturated carbocycles. The molecule has 0 spiro atoms. The molecule has 0 radical (unpaired) electrons.